The normalized spacial score (nSPS) is 18.5. The van der Waals surface area contributed by atoms with E-state index in [1.807, 2.05) is 0 Å². The van der Waals surface area contributed by atoms with Crippen LogP contribution in [-0.4, -0.2) is 23.7 Å². The highest BCUT2D eigenvalue weighted by molar-refractivity contribution is 5.88. The molecule has 0 unspecified atom stereocenters. The average Bonchev–Trinajstić information content (AvgIpc) is 2.56. The number of allylic oxidation sites excluding steroid dienone is 1. The van der Waals surface area contributed by atoms with Crippen molar-refractivity contribution in [1.82, 2.24) is 5.32 Å². The summed E-state index contributed by atoms with van der Waals surface area (Å²) in [5.41, 5.74) is 1.24. The number of aliphatic hydroxyl groups is 1. The molecule has 0 aromatic heterocycles. The summed E-state index contributed by atoms with van der Waals surface area (Å²) in [6.07, 6.45) is 6.20. The van der Waals surface area contributed by atoms with Crippen LogP contribution in [0.15, 0.2) is 11.6 Å². The third-order valence-electron chi connectivity index (χ3n) is 2.24. The first-order valence-corrected chi connectivity index (χ1v) is 4.83. The molecule has 0 aromatic carbocycles. The highest BCUT2D eigenvalue weighted by Gasteiger charge is 2.09. The van der Waals surface area contributed by atoms with Gasteiger partial charge in [0, 0.05) is 12.1 Å². The Morgan fingerprint density at radius 1 is 1.62 bits per heavy atom. The summed E-state index contributed by atoms with van der Waals surface area (Å²) in [5, 5.41) is 11.4. The van der Waals surface area contributed by atoms with Crippen LogP contribution in [0.25, 0.3) is 0 Å². The van der Waals surface area contributed by atoms with Gasteiger partial charge in [-0.05, 0) is 32.6 Å². The van der Waals surface area contributed by atoms with E-state index in [9.17, 15) is 4.79 Å². The lowest BCUT2D eigenvalue weighted by atomic mass is 10.2. The molecule has 74 valence electrons. The largest absolute Gasteiger partial charge is 0.394 e. The Labute approximate surface area is 78.8 Å². The van der Waals surface area contributed by atoms with Crippen molar-refractivity contribution >= 4 is 5.91 Å². The van der Waals surface area contributed by atoms with Crippen molar-refractivity contribution in [2.24, 2.45) is 0 Å². The number of carbonyl (C=O) groups is 1. The van der Waals surface area contributed by atoms with Gasteiger partial charge < -0.3 is 10.4 Å². The number of amides is 1. The maximum atomic E-state index is 11.3. The second-order valence-corrected chi connectivity index (χ2v) is 3.60. The molecule has 0 aliphatic heterocycles. The van der Waals surface area contributed by atoms with Gasteiger partial charge in [-0.2, -0.15) is 0 Å². The molecule has 1 saturated carbocycles. The van der Waals surface area contributed by atoms with Gasteiger partial charge in [0.2, 0.25) is 5.91 Å². The lowest BCUT2D eigenvalue weighted by Gasteiger charge is -2.08. The van der Waals surface area contributed by atoms with Gasteiger partial charge in [-0.15, -0.1) is 0 Å². The SMILES string of the molecule is C[C@@H](CO)NC(=O)C=C1CCCC1. The number of aliphatic hydroxyl groups excluding tert-OH is 1. The highest BCUT2D eigenvalue weighted by Crippen LogP contribution is 2.23. The van der Waals surface area contributed by atoms with Crippen molar-refractivity contribution < 1.29 is 9.90 Å². The van der Waals surface area contributed by atoms with E-state index < -0.39 is 0 Å². The Kier molecular flexibility index (Phi) is 3.96. The van der Waals surface area contributed by atoms with Gasteiger partial charge in [0.05, 0.1) is 6.61 Å². The minimum Gasteiger partial charge on any atom is -0.394 e. The minimum atomic E-state index is -0.147. The van der Waals surface area contributed by atoms with Crippen molar-refractivity contribution in [2.45, 2.75) is 38.6 Å². The van der Waals surface area contributed by atoms with Crippen LogP contribution >= 0.6 is 0 Å². The molecule has 1 amide bonds. The van der Waals surface area contributed by atoms with Crippen LogP contribution in [0.4, 0.5) is 0 Å². The fourth-order valence-corrected chi connectivity index (χ4v) is 1.49. The summed E-state index contributed by atoms with van der Waals surface area (Å²) in [5.74, 6) is -0.0709. The van der Waals surface area contributed by atoms with E-state index >= 15 is 0 Å². The van der Waals surface area contributed by atoms with E-state index in [0.29, 0.717) is 0 Å². The molecule has 0 radical (unpaired) electrons. The molecule has 1 aliphatic rings. The van der Waals surface area contributed by atoms with Gasteiger partial charge in [0.25, 0.3) is 0 Å². The maximum Gasteiger partial charge on any atom is 0.244 e. The topological polar surface area (TPSA) is 49.3 Å². The monoisotopic (exact) mass is 183 g/mol. The molecule has 0 bridgehead atoms. The van der Waals surface area contributed by atoms with Crippen LogP contribution in [0.1, 0.15) is 32.6 Å². The molecule has 1 rings (SSSR count). The average molecular weight is 183 g/mol. The van der Waals surface area contributed by atoms with Crippen molar-refractivity contribution in [3.63, 3.8) is 0 Å². The quantitative estimate of drug-likeness (QED) is 0.641. The Morgan fingerprint density at radius 3 is 2.77 bits per heavy atom. The van der Waals surface area contributed by atoms with Gasteiger partial charge in [-0.1, -0.05) is 5.57 Å². The van der Waals surface area contributed by atoms with Gasteiger partial charge in [-0.3, -0.25) is 4.79 Å². The van der Waals surface area contributed by atoms with E-state index in [1.54, 1.807) is 13.0 Å². The third kappa shape index (κ3) is 3.59. The Hall–Kier alpha value is -0.830. The number of rotatable bonds is 3. The summed E-state index contributed by atoms with van der Waals surface area (Å²) < 4.78 is 0. The molecule has 1 aliphatic carbocycles. The molecular formula is C10H17NO2. The molecule has 3 nitrogen and oxygen atoms in total. The highest BCUT2D eigenvalue weighted by atomic mass is 16.3. The van der Waals surface area contributed by atoms with Crippen molar-refractivity contribution in [2.75, 3.05) is 6.61 Å². The fraction of sp³-hybridized carbons (Fsp3) is 0.700. The van der Waals surface area contributed by atoms with E-state index in [2.05, 4.69) is 5.32 Å². The van der Waals surface area contributed by atoms with Crippen LogP contribution in [-0.2, 0) is 4.79 Å². The van der Waals surface area contributed by atoms with Crippen LogP contribution in [0.2, 0.25) is 0 Å². The number of nitrogens with one attached hydrogen (secondary N) is 1. The zero-order chi connectivity index (χ0) is 9.68. The molecule has 1 atom stereocenters. The molecule has 1 fully saturated rings. The van der Waals surface area contributed by atoms with Gasteiger partial charge in [0.15, 0.2) is 0 Å². The number of carbonyl (C=O) groups excluding carboxylic acids is 1. The summed E-state index contributed by atoms with van der Waals surface area (Å²) in [6.45, 7) is 1.78. The van der Waals surface area contributed by atoms with Crippen molar-refractivity contribution in [3.05, 3.63) is 11.6 Å². The molecule has 0 aromatic rings. The van der Waals surface area contributed by atoms with E-state index in [0.717, 1.165) is 12.8 Å². The third-order valence-corrected chi connectivity index (χ3v) is 2.24. The van der Waals surface area contributed by atoms with Crippen molar-refractivity contribution in [3.8, 4) is 0 Å². The van der Waals surface area contributed by atoms with Crippen LogP contribution < -0.4 is 5.32 Å². The number of hydrogen-bond donors (Lipinski definition) is 2. The van der Waals surface area contributed by atoms with Gasteiger partial charge in [-0.25, -0.2) is 0 Å². The summed E-state index contributed by atoms with van der Waals surface area (Å²) in [4.78, 5) is 11.3. The molecule has 13 heavy (non-hydrogen) atoms. The lowest BCUT2D eigenvalue weighted by molar-refractivity contribution is -0.117. The Morgan fingerprint density at radius 2 is 2.23 bits per heavy atom. The summed E-state index contributed by atoms with van der Waals surface area (Å²) in [7, 11) is 0. The van der Waals surface area contributed by atoms with Crippen LogP contribution in [0.5, 0.6) is 0 Å². The number of hydrogen-bond acceptors (Lipinski definition) is 2. The minimum absolute atomic E-state index is 0.00505. The zero-order valence-corrected chi connectivity index (χ0v) is 8.05. The summed E-state index contributed by atoms with van der Waals surface area (Å²) in [6, 6.07) is -0.147. The first-order valence-electron chi connectivity index (χ1n) is 4.83. The van der Waals surface area contributed by atoms with Gasteiger partial charge in [0.1, 0.15) is 0 Å². The zero-order valence-electron chi connectivity index (χ0n) is 8.05. The van der Waals surface area contributed by atoms with Gasteiger partial charge >= 0.3 is 0 Å². The second kappa shape index (κ2) is 5.02. The molecule has 0 saturated heterocycles. The molecule has 2 N–H and O–H groups in total. The molecule has 0 heterocycles. The molecule has 0 spiro atoms. The standard InChI is InChI=1S/C10H17NO2/c1-8(7-12)11-10(13)6-9-4-2-3-5-9/h6,8,12H,2-5,7H2,1H3,(H,11,13)/t8-/m0/s1. The predicted octanol–water partition coefficient (Wildman–Crippen LogP) is 0.984. The van der Waals surface area contributed by atoms with Crippen LogP contribution in [0, 0.1) is 0 Å². The lowest BCUT2D eigenvalue weighted by Crippen LogP contribution is -2.33. The fourth-order valence-electron chi connectivity index (χ4n) is 1.49. The predicted molar refractivity (Wildman–Crippen MR) is 51.2 cm³/mol. The Balaban J connectivity index is 2.35. The van der Waals surface area contributed by atoms with Crippen LogP contribution in [0.3, 0.4) is 0 Å². The van der Waals surface area contributed by atoms with E-state index in [-0.39, 0.29) is 18.6 Å². The van der Waals surface area contributed by atoms with E-state index in [1.165, 1.54) is 18.4 Å². The smallest absolute Gasteiger partial charge is 0.244 e. The maximum absolute atomic E-state index is 11.3. The van der Waals surface area contributed by atoms with Crippen molar-refractivity contribution in [1.29, 1.82) is 0 Å². The Bertz CT molecular complexity index is 203. The summed E-state index contributed by atoms with van der Waals surface area (Å²) >= 11 is 0. The first-order chi connectivity index (χ1) is 6.22. The second-order valence-electron chi connectivity index (χ2n) is 3.60. The molecule has 3 heteroatoms. The molecular weight excluding hydrogens is 166 g/mol. The first kappa shape index (κ1) is 10.3. The van der Waals surface area contributed by atoms with E-state index in [4.69, 9.17) is 5.11 Å².